The smallest absolute Gasteiger partial charge is 0.137 e. The SMILES string of the molecule is [2H]C([2H])([2H])N1[CH-]N(c2[c-]c(Oc3[c-]c4c(cc3)c3ccccc3n4-c3cc4c(cn3)c3ccc(C)cc3n4-c3ccccc3)ccc2)c2cc(-c3ccccc3)ccc21.[Pt]. The number of aromatic nitrogens is 3. The van der Waals surface area contributed by atoms with Gasteiger partial charge in [0.1, 0.15) is 5.82 Å². The van der Waals surface area contributed by atoms with E-state index in [2.05, 4.69) is 94.9 Å². The number of benzene rings is 7. The molecule has 57 heavy (non-hydrogen) atoms. The van der Waals surface area contributed by atoms with Gasteiger partial charge in [-0.05, 0) is 72.4 Å². The van der Waals surface area contributed by atoms with Gasteiger partial charge in [0.05, 0.1) is 11.0 Å². The summed E-state index contributed by atoms with van der Waals surface area (Å²) in [6.45, 7) is 1.35. The van der Waals surface area contributed by atoms with Crippen molar-refractivity contribution in [3.05, 3.63) is 188 Å². The minimum Gasteiger partial charge on any atom is -0.509 e. The zero-order valence-electron chi connectivity index (χ0n) is 33.6. The van der Waals surface area contributed by atoms with Gasteiger partial charge in [0, 0.05) is 82.3 Å². The topological polar surface area (TPSA) is 38.5 Å². The molecule has 3 aromatic heterocycles. The van der Waals surface area contributed by atoms with E-state index in [0.29, 0.717) is 22.9 Å². The molecule has 0 saturated heterocycles. The van der Waals surface area contributed by atoms with Crippen LogP contribution in [0.5, 0.6) is 11.5 Å². The summed E-state index contributed by atoms with van der Waals surface area (Å²) >= 11 is 0. The molecular formula is C50H34N5OPt-3. The summed E-state index contributed by atoms with van der Waals surface area (Å²) in [6.07, 6.45) is 1.98. The van der Waals surface area contributed by atoms with Crippen molar-refractivity contribution in [2.75, 3.05) is 16.8 Å². The summed E-state index contributed by atoms with van der Waals surface area (Å²) in [7, 11) is 0. The van der Waals surface area contributed by atoms with Crippen molar-refractivity contribution in [1.82, 2.24) is 14.1 Å². The number of nitrogens with zero attached hydrogens (tertiary/aromatic N) is 5. The van der Waals surface area contributed by atoms with Crippen molar-refractivity contribution in [2.24, 2.45) is 0 Å². The molecule has 278 valence electrons. The zero-order valence-corrected chi connectivity index (χ0v) is 32.9. The number of fused-ring (bicyclic) bond motifs is 7. The molecule has 7 aromatic carbocycles. The minimum absolute atomic E-state index is 0. The van der Waals surface area contributed by atoms with Gasteiger partial charge in [0.15, 0.2) is 0 Å². The molecule has 0 bridgehead atoms. The van der Waals surface area contributed by atoms with Gasteiger partial charge in [-0.15, -0.1) is 41.4 Å². The van der Waals surface area contributed by atoms with Crippen LogP contribution in [0.15, 0.2) is 164 Å². The summed E-state index contributed by atoms with van der Waals surface area (Å²) in [5, 5.41) is 4.33. The summed E-state index contributed by atoms with van der Waals surface area (Å²) in [5.41, 5.74) is 10.3. The first-order valence-electron chi connectivity index (χ1n) is 20.0. The molecule has 11 rings (SSSR count). The maximum absolute atomic E-state index is 8.28. The molecule has 1 aliphatic rings. The fraction of sp³-hybridized carbons (Fsp3) is 0.0400. The fourth-order valence-electron chi connectivity index (χ4n) is 8.08. The summed E-state index contributed by atoms with van der Waals surface area (Å²) < 4.78 is 35.8. The third-order valence-electron chi connectivity index (χ3n) is 10.7. The standard InChI is InChI=1S/C50H34N5O.Pt/c1-33-20-23-42-43-31-51-50(30-48(43)54(46(42)26-33)36-14-7-4-8-15-36)55-44-19-10-9-18-40(44)41-24-22-39(29-47(41)55)56-38-17-11-16-37(28-38)53-32-52(2)45-25-21-35(27-49(45)53)34-12-5-3-6-13-34;/h3-27,30-32H,1-2H3;/q-3;/i2D3;. The molecule has 1 aliphatic heterocycles. The van der Waals surface area contributed by atoms with Gasteiger partial charge in [0.25, 0.3) is 0 Å². The molecule has 0 atom stereocenters. The van der Waals surface area contributed by atoms with E-state index < -0.39 is 6.98 Å². The third kappa shape index (κ3) is 5.79. The monoisotopic (exact) mass is 918 g/mol. The van der Waals surface area contributed by atoms with Crippen LogP contribution in [0.25, 0.3) is 66.2 Å². The Bertz CT molecular complexity index is 3250. The van der Waals surface area contributed by atoms with Gasteiger partial charge in [0.2, 0.25) is 0 Å². The Labute approximate surface area is 349 Å². The largest absolute Gasteiger partial charge is 0.509 e. The van der Waals surface area contributed by atoms with Crippen LogP contribution < -0.4 is 14.5 Å². The number of pyridine rings is 1. The van der Waals surface area contributed by atoms with Gasteiger partial charge in [-0.2, -0.15) is 18.8 Å². The molecule has 10 aromatic rings. The maximum atomic E-state index is 8.28. The van der Waals surface area contributed by atoms with E-state index in [4.69, 9.17) is 13.8 Å². The molecule has 0 spiro atoms. The minimum atomic E-state index is -2.38. The Morgan fingerprint density at radius 1 is 0.596 bits per heavy atom. The van der Waals surface area contributed by atoms with Gasteiger partial charge in [-0.1, -0.05) is 90.4 Å². The first-order chi connectivity index (χ1) is 28.8. The number of para-hydroxylation sites is 2. The van der Waals surface area contributed by atoms with Crippen LogP contribution in [0.4, 0.5) is 17.1 Å². The normalized spacial score (nSPS) is 13.5. The van der Waals surface area contributed by atoms with Gasteiger partial charge in [-0.25, -0.2) is 4.98 Å². The number of aryl methyl sites for hydroxylation is 1. The number of rotatable bonds is 6. The van der Waals surface area contributed by atoms with E-state index in [0.717, 1.165) is 71.9 Å². The van der Waals surface area contributed by atoms with Crippen LogP contribution in [0.1, 0.15) is 9.68 Å². The second kappa shape index (κ2) is 13.8. The second-order valence-corrected chi connectivity index (χ2v) is 14.1. The van der Waals surface area contributed by atoms with E-state index in [1.165, 1.54) is 10.5 Å². The third-order valence-corrected chi connectivity index (χ3v) is 10.7. The van der Waals surface area contributed by atoms with Crippen molar-refractivity contribution in [3.8, 4) is 34.1 Å². The molecule has 7 heteroatoms. The number of anilines is 3. The predicted molar refractivity (Wildman–Crippen MR) is 229 cm³/mol. The van der Waals surface area contributed by atoms with Crippen LogP contribution in [0, 0.1) is 25.7 Å². The molecule has 0 N–H and O–H groups in total. The molecule has 4 heterocycles. The first-order valence-corrected chi connectivity index (χ1v) is 18.5. The molecule has 0 fully saturated rings. The Morgan fingerprint density at radius 3 is 2.21 bits per heavy atom. The molecule has 0 saturated carbocycles. The number of ether oxygens (including phenoxy) is 1. The zero-order chi connectivity index (χ0) is 39.8. The van der Waals surface area contributed by atoms with Crippen molar-refractivity contribution >= 4 is 60.7 Å². The summed E-state index contributed by atoms with van der Waals surface area (Å²) in [6, 6.07) is 60.0. The van der Waals surface area contributed by atoms with Crippen LogP contribution in [0.2, 0.25) is 0 Å². The Hall–Kier alpha value is -6.62. The van der Waals surface area contributed by atoms with Crippen molar-refractivity contribution < 1.29 is 29.9 Å². The average Bonchev–Trinajstić information content (AvgIpc) is 3.91. The van der Waals surface area contributed by atoms with Crippen LogP contribution >= 0.6 is 0 Å². The van der Waals surface area contributed by atoms with Crippen molar-refractivity contribution in [2.45, 2.75) is 6.92 Å². The second-order valence-electron chi connectivity index (χ2n) is 14.1. The van der Waals surface area contributed by atoms with Crippen LogP contribution in [-0.2, 0) is 21.1 Å². The van der Waals surface area contributed by atoms with Crippen molar-refractivity contribution in [1.29, 1.82) is 0 Å². The Morgan fingerprint density at radius 2 is 1.35 bits per heavy atom. The van der Waals surface area contributed by atoms with Gasteiger partial charge >= 0.3 is 0 Å². The van der Waals surface area contributed by atoms with Crippen LogP contribution in [0.3, 0.4) is 0 Å². The molecule has 6 nitrogen and oxygen atoms in total. The Kier molecular flexibility index (Phi) is 7.67. The van der Waals surface area contributed by atoms with E-state index >= 15 is 0 Å². The van der Waals surface area contributed by atoms with E-state index in [9.17, 15) is 0 Å². The average molecular weight is 919 g/mol. The molecular weight excluding hydrogens is 882 g/mol. The van der Waals surface area contributed by atoms with E-state index in [1.54, 1.807) is 6.67 Å². The van der Waals surface area contributed by atoms with Gasteiger partial charge in [-0.3, -0.25) is 0 Å². The maximum Gasteiger partial charge on any atom is 0.137 e. The fourth-order valence-corrected chi connectivity index (χ4v) is 8.08. The van der Waals surface area contributed by atoms with Gasteiger partial charge < -0.3 is 23.7 Å². The van der Waals surface area contributed by atoms with Crippen LogP contribution in [-0.4, -0.2) is 21.1 Å². The molecule has 0 amide bonds. The first kappa shape index (κ1) is 31.6. The van der Waals surface area contributed by atoms with E-state index in [1.807, 2.05) is 102 Å². The Balaban J connectivity index is 0.00000433. The molecule has 0 aliphatic carbocycles. The van der Waals surface area contributed by atoms with E-state index in [-0.39, 0.29) is 21.1 Å². The number of hydrogen-bond donors (Lipinski definition) is 0. The molecule has 0 radical (unpaired) electrons. The predicted octanol–water partition coefficient (Wildman–Crippen LogP) is 12.3. The summed E-state index contributed by atoms with van der Waals surface area (Å²) in [5.74, 6) is 1.73. The number of hydrogen-bond acceptors (Lipinski definition) is 4. The molecule has 0 unspecified atom stereocenters. The summed E-state index contributed by atoms with van der Waals surface area (Å²) in [4.78, 5) is 8.27. The van der Waals surface area contributed by atoms with Crippen molar-refractivity contribution in [3.63, 3.8) is 0 Å². The quantitative estimate of drug-likeness (QED) is 0.156.